The van der Waals surface area contributed by atoms with E-state index in [2.05, 4.69) is 5.32 Å². The van der Waals surface area contributed by atoms with Crippen molar-refractivity contribution >= 4 is 17.7 Å². The number of hydrogen-bond donors (Lipinski definition) is 3. The van der Waals surface area contributed by atoms with Crippen LogP contribution in [0.4, 0.5) is 0 Å². The lowest BCUT2D eigenvalue weighted by Crippen LogP contribution is -2.53. The lowest BCUT2D eigenvalue weighted by molar-refractivity contribution is -0.149. The second-order valence-corrected chi connectivity index (χ2v) is 5.36. The molecule has 0 aromatic rings. The molecule has 0 fully saturated rings. The van der Waals surface area contributed by atoms with Crippen molar-refractivity contribution in [2.45, 2.75) is 38.8 Å². The number of carbonyl (C=O) groups excluding carboxylic acids is 1. The number of esters is 1. The predicted octanol–water partition coefficient (Wildman–Crippen LogP) is 0.394. The van der Waals surface area contributed by atoms with Crippen LogP contribution in [0.1, 0.15) is 27.2 Å². The van der Waals surface area contributed by atoms with Crippen molar-refractivity contribution in [2.24, 2.45) is 0 Å². The Kier molecular flexibility index (Phi) is 9.45. The Labute approximate surface area is 113 Å². The molecule has 6 heteroatoms. The minimum atomic E-state index is -0.744. The molecule has 108 valence electrons. The Bertz CT molecular complexity index is 240. The first-order valence-electron chi connectivity index (χ1n) is 6.29. The smallest absolute Gasteiger partial charge is 0.326 e. The van der Waals surface area contributed by atoms with Gasteiger partial charge in [0.25, 0.3) is 0 Å². The molecule has 3 N–H and O–H groups in total. The van der Waals surface area contributed by atoms with Gasteiger partial charge < -0.3 is 20.3 Å². The Morgan fingerprint density at radius 1 is 1.50 bits per heavy atom. The highest BCUT2D eigenvalue weighted by atomic mass is 32.2. The van der Waals surface area contributed by atoms with Crippen molar-refractivity contribution in [3.8, 4) is 0 Å². The fourth-order valence-corrected chi connectivity index (χ4v) is 2.45. The van der Waals surface area contributed by atoms with Crippen LogP contribution in [0, 0.1) is 0 Å². The molecule has 0 rings (SSSR count). The highest BCUT2D eigenvalue weighted by molar-refractivity contribution is 7.99. The number of nitrogens with one attached hydrogen (secondary N) is 1. The molecule has 18 heavy (non-hydrogen) atoms. The van der Waals surface area contributed by atoms with Gasteiger partial charge in [-0.1, -0.05) is 6.92 Å². The molecule has 0 aliphatic heterocycles. The van der Waals surface area contributed by atoms with Crippen LogP contribution in [0.3, 0.4) is 0 Å². The van der Waals surface area contributed by atoms with Gasteiger partial charge in [0.1, 0.15) is 5.54 Å². The highest BCUT2D eigenvalue weighted by Gasteiger charge is 2.34. The summed E-state index contributed by atoms with van der Waals surface area (Å²) in [7, 11) is 0. The van der Waals surface area contributed by atoms with Crippen LogP contribution in [-0.2, 0) is 9.53 Å². The molecule has 0 amide bonds. The van der Waals surface area contributed by atoms with Crippen molar-refractivity contribution < 1.29 is 19.7 Å². The maximum Gasteiger partial charge on any atom is 0.326 e. The number of hydrogen-bond acceptors (Lipinski definition) is 6. The van der Waals surface area contributed by atoms with E-state index in [1.54, 1.807) is 13.8 Å². The fraction of sp³-hybridized carbons (Fsp3) is 0.917. The predicted molar refractivity (Wildman–Crippen MR) is 73.7 cm³/mol. The summed E-state index contributed by atoms with van der Waals surface area (Å²) in [6, 6.07) is 0. The number of rotatable bonds is 10. The summed E-state index contributed by atoms with van der Waals surface area (Å²) in [5.74, 6) is 0.631. The summed E-state index contributed by atoms with van der Waals surface area (Å²) < 4.78 is 5.06. The van der Waals surface area contributed by atoms with Crippen molar-refractivity contribution in [1.29, 1.82) is 0 Å². The maximum atomic E-state index is 11.9. The monoisotopic (exact) mass is 279 g/mol. The third kappa shape index (κ3) is 6.58. The van der Waals surface area contributed by atoms with Crippen LogP contribution in [-0.4, -0.2) is 59.1 Å². The minimum absolute atomic E-state index is 0.258. The Morgan fingerprint density at radius 3 is 2.67 bits per heavy atom. The van der Waals surface area contributed by atoms with Crippen LogP contribution in [0.25, 0.3) is 0 Å². The van der Waals surface area contributed by atoms with Crippen LogP contribution in [0.2, 0.25) is 0 Å². The zero-order valence-corrected chi connectivity index (χ0v) is 12.3. The first-order chi connectivity index (χ1) is 8.50. The van der Waals surface area contributed by atoms with E-state index in [0.29, 0.717) is 18.1 Å². The van der Waals surface area contributed by atoms with Gasteiger partial charge in [0.2, 0.25) is 0 Å². The third-order valence-electron chi connectivity index (χ3n) is 2.40. The van der Waals surface area contributed by atoms with Gasteiger partial charge >= 0.3 is 5.97 Å². The molecule has 0 bridgehead atoms. The van der Waals surface area contributed by atoms with E-state index < -0.39 is 11.6 Å². The summed E-state index contributed by atoms with van der Waals surface area (Å²) in [6.07, 6.45) is 0.187. The molecule has 0 spiro atoms. The first-order valence-corrected chi connectivity index (χ1v) is 7.44. The molecular formula is C12H25NO4S. The Morgan fingerprint density at radius 2 is 2.17 bits per heavy atom. The number of carbonyl (C=O) groups is 1. The standard InChI is InChI=1S/C12H25NO4S/c1-4-6-13-12(3,11(16)17-5-2)9-18-8-10(15)7-14/h10,13-15H,4-9H2,1-3H3. The lowest BCUT2D eigenvalue weighted by Gasteiger charge is -2.28. The minimum Gasteiger partial charge on any atom is -0.465 e. The molecule has 5 nitrogen and oxygen atoms in total. The van der Waals surface area contributed by atoms with E-state index in [0.717, 1.165) is 13.0 Å². The molecule has 2 atom stereocenters. The summed E-state index contributed by atoms with van der Waals surface area (Å²) in [5.41, 5.74) is -0.744. The molecule has 0 saturated carbocycles. The second-order valence-electron chi connectivity index (χ2n) is 4.33. The molecular weight excluding hydrogens is 254 g/mol. The molecule has 0 saturated heterocycles. The SMILES string of the molecule is CCCNC(C)(CSCC(O)CO)C(=O)OCC. The van der Waals surface area contributed by atoms with Gasteiger partial charge in [0, 0.05) is 11.5 Å². The molecule has 2 unspecified atom stereocenters. The van der Waals surface area contributed by atoms with E-state index in [9.17, 15) is 9.90 Å². The fourth-order valence-electron chi connectivity index (χ4n) is 1.33. The quantitative estimate of drug-likeness (QED) is 0.502. The Balaban J connectivity index is 4.32. The molecule has 0 aromatic heterocycles. The maximum absolute atomic E-state index is 11.9. The largest absolute Gasteiger partial charge is 0.465 e. The van der Waals surface area contributed by atoms with Crippen LogP contribution in [0.5, 0.6) is 0 Å². The van der Waals surface area contributed by atoms with Crippen molar-refractivity contribution in [1.82, 2.24) is 5.32 Å². The summed E-state index contributed by atoms with van der Waals surface area (Å²) in [4.78, 5) is 11.9. The van der Waals surface area contributed by atoms with E-state index in [1.807, 2.05) is 6.92 Å². The van der Waals surface area contributed by atoms with Crippen LogP contribution < -0.4 is 5.32 Å². The van der Waals surface area contributed by atoms with E-state index >= 15 is 0 Å². The van der Waals surface area contributed by atoms with Crippen LogP contribution >= 0.6 is 11.8 Å². The van der Waals surface area contributed by atoms with Gasteiger partial charge in [0.05, 0.1) is 19.3 Å². The molecule has 0 heterocycles. The number of thioether (sulfide) groups is 1. The zero-order chi connectivity index (χ0) is 14.0. The van der Waals surface area contributed by atoms with E-state index in [-0.39, 0.29) is 12.6 Å². The average Bonchev–Trinajstić information content (AvgIpc) is 2.36. The number of aliphatic hydroxyl groups is 2. The first kappa shape index (κ1) is 17.7. The Hall–Kier alpha value is -0.300. The topological polar surface area (TPSA) is 78.8 Å². The van der Waals surface area contributed by atoms with Gasteiger partial charge in [0.15, 0.2) is 0 Å². The molecule has 0 aliphatic rings. The van der Waals surface area contributed by atoms with E-state index in [4.69, 9.17) is 9.84 Å². The van der Waals surface area contributed by atoms with Gasteiger partial charge in [-0.3, -0.25) is 4.79 Å². The van der Waals surface area contributed by atoms with Gasteiger partial charge in [-0.15, -0.1) is 0 Å². The van der Waals surface area contributed by atoms with Crippen molar-refractivity contribution in [3.05, 3.63) is 0 Å². The van der Waals surface area contributed by atoms with Crippen molar-refractivity contribution in [2.75, 3.05) is 31.3 Å². The normalized spacial score (nSPS) is 16.1. The summed E-state index contributed by atoms with van der Waals surface area (Å²) in [5, 5.41) is 21.2. The zero-order valence-electron chi connectivity index (χ0n) is 11.4. The van der Waals surface area contributed by atoms with Crippen LogP contribution in [0.15, 0.2) is 0 Å². The highest BCUT2D eigenvalue weighted by Crippen LogP contribution is 2.16. The van der Waals surface area contributed by atoms with Gasteiger partial charge in [-0.05, 0) is 26.8 Å². The number of ether oxygens (including phenoxy) is 1. The second kappa shape index (κ2) is 9.61. The molecule has 0 radical (unpaired) electrons. The third-order valence-corrected chi connectivity index (χ3v) is 3.80. The molecule has 0 aromatic carbocycles. The summed E-state index contributed by atoms with van der Waals surface area (Å²) in [6.45, 7) is 6.44. The van der Waals surface area contributed by atoms with Crippen molar-refractivity contribution in [3.63, 3.8) is 0 Å². The molecule has 0 aliphatic carbocycles. The van der Waals surface area contributed by atoms with E-state index in [1.165, 1.54) is 11.8 Å². The average molecular weight is 279 g/mol. The number of aliphatic hydroxyl groups excluding tert-OH is 2. The summed E-state index contributed by atoms with van der Waals surface area (Å²) >= 11 is 1.42. The van der Waals surface area contributed by atoms with Gasteiger partial charge in [-0.25, -0.2) is 0 Å². The van der Waals surface area contributed by atoms with Gasteiger partial charge in [-0.2, -0.15) is 11.8 Å². The lowest BCUT2D eigenvalue weighted by atomic mass is 10.1.